The summed E-state index contributed by atoms with van der Waals surface area (Å²) in [7, 11) is 0. The Kier molecular flexibility index (Phi) is 5.27. The first-order chi connectivity index (χ1) is 14.1. The Morgan fingerprint density at radius 3 is 2.66 bits per heavy atom. The quantitative estimate of drug-likeness (QED) is 0.540. The van der Waals surface area contributed by atoms with Crippen LogP contribution in [-0.2, 0) is 6.61 Å². The van der Waals surface area contributed by atoms with E-state index in [4.69, 9.17) is 16.3 Å². The molecular weight excluding hydrogens is 390 g/mol. The SMILES string of the molecule is O=C(Nc1ccccc1OCc1cc(=O)n2ccccc2n1)c1ccccc1Cl. The third kappa shape index (κ3) is 4.12. The van der Waals surface area contributed by atoms with E-state index < -0.39 is 0 Å². The van der Waals surface area contributed by atoms with Crippen molar-refractivity contribution in [3.63, 3.8) is 0 Å². The van der Waals surface area contributed by atoms with Gasteiger partial charge in [0.15, 0.2) is 0 Å². The van der Waals surface area contributed by atoms with Gasteiger partial charge in [-0.1, -0.05) is 41.9 Å². The van der Waals surface area contributed by atoms with Crippen molar-refractivity contribution >= 4 is 28.8 Å². The van der Waals surface area contributed by atoms with Crippen molar-refractivity contribution in [1.29, 1.82) is 0 Å². The molecule has 2 aromatic heterocycles. The molecule has 2 heterocycles. The van der Waals surface area contributed by atoms with Crippen molar-refractivity contribution in [2.24, 2.45) is 0 Å². The number of pyridine rings is 1. The number of rotatable bonds is 5. The molecule has 29 heavy (non-hydrogen) atoms. The first-order valence-corrected chi connectivity index (χ1v) is 9.24. The van der Waals surface area contributed by atoms with Crippen LogP contribution in [0.4, 0.5) is 5.69 Å². The minimum Gasteiger partial charge on any atom is -0.485 e. The molecule has 0 radical (unpaired) electrons. The lowest BCUT2D eigenvalue weighted by Gasteiger charge is -2.13. The highest BCUT2D eigenvalue weighted by Gasteiger charge is 2.13. The molecule has 7 heteroatoms. The number of carbonyl (C=O) groups is 1. The lowest BCUT2D eigenvalue weighted by atomic mass is 10.2. The Bertz CT molecular complexity index is 1250. The Labute approximate surface area is 171 Å². The number of aromatic nitrogens is 2. The van der Waals surface area contributed by atoms with Crippen LogP contribution in [0.5, 0.6) is 5.75 Å². The second-order valence-electron chi connectivity index (χ2n) is 6.23. The van der Waals surface area contributed by atoms with E-state index in [1.807, 2.05) is 6.07 Å². The highest BCUT2D eigenvalue weighted by atomic mass is 35.5. The standard InChI is InChI=1S/C22H16ClN3O3/c23-17-8-2-1-7-16(17)22(28)25-18-9-3-4-10-19(18)29-14-15-13-21(27)26-12-6-5-11-20(26)24-15/h1-13H,14H2,(H,25,28). The van der Waals surface area contributed by atoms with Gasteiger partial charge in [0, 0.05) is 12.3 Å². The average molecular weight is 406 g/mol. The van der Waals surface area contributed by atoms with Crippen LogP contribution in [0.3, 0.4) is 0 Å². The van der Waals surface area contributed by atoms with Gasteiger partial charge in [0.1, 0.15) is 18.0 Å². The van der Waals surface area contributed by atoms with Crippen LogP contribution in [0.25, 0.3) is 5.65 Å². The number of hydrogen-bond donors (Lipinski definition) is 1. The zero-order valence-corrected chi connectivity index (χ0v) is 16.0. The number of anilines is 1. The van der Waals surface area contributed by atoms with E-state index in [1.165, 1.54) is 10.5 Å². The Morgan fingerprint density at radius 1 is 1.03 bits per heavy atom. The molecule has 4 aromatic rings. The number of hydrogen-bond acceptors (Lipinski definition) is 4. The van der Waals surface area contributed by atoms with Gasteiger partial charge in [-0.15, -0.1) is 0 Å². The van der Waals surface area contributed by atoms with E-state index >= 15 is 0 Å². The fourth-order valence-electron chi connectivity index (χ4n) is 2.86. The van der Waals surface area contributed by atoms with Crippen LogP contribution in [0, 0.1) is 0 Å². The van der Waals surface area contributed by atoms with Crippen molar-refractivity contribution in [2.75, 3.05) is 5.32 Å². The number of nitrogens with one attached hydrogen (secondary N) is 1. The van der Waals surface area contributed by atoms with Gasteiger partial charge in [-0.25, -0.2) is 4.98 Å². The number of fused-ring (bicyclic) bond motifs is 1. The van der Waals surface area contributed by atoms with E-state index in [9.17, 15) is 9.59 Å². The van der Waals surface area contributed by atoms with Crippen molar-refractivity contribution in [3.05, 3.63) is 106 Å². The molecule has 0 aliphatic carbocycles. The molecule has 0 saturated heterocycles. The van der Waals surface area contributed by atoms with Gasteiger partial charge in [0.05, 0.1) is 22.0 Å². The van der Waals surface area contributed by atoms with E-state index in [0.717, 1.165) is 0 Å². The van der Waals surface area contributed by atoms with Crippen LogP contribution < -0.4 is 15.6 Å². The third-order valence-electron chi connectivity index (χ3n) is 4.25. The van der Waals surface area contributed by atoms with Crippen LogP contribution in [0.1, 0.15) is 16.1 Å². The maximum absolute atomic E-state index is 12.5. The van der Waals surface area contributed by atoms with Gasteiger partial charge < -0.3 is 10.1 Å². The first kappa shape index (κ1) is 18.7. The summed E-state index contributed by atoms with van der Waals surface area (Å²) in [5.74, 6) is 0.122. The van der Waals surface area contributed by atoms with Crippen molar-refractivity contribution < 1.29 is 9.53 Å². The molecule has 0 saturated carbocycles. The molecule has 0 atom stereocenters. The maximum Gasteiger partial charge on any atom is 0.258 e. The lowest BCUT2D eigenvalue weighted by Crippen LogP contribution is -2.16. The minimum absolute atomic E-state index is 0.0829. The summed E-state index contributed by atoms with van der Waals surface area (Å²) in [6.45, 7) is 0.0829. The van der Waals surface area contributed by atoms with Gasteiger partial charge in [0.25, 0.3) is 11.5 Å². The fourth-order valence-corrected chi connectivity index (χ4v) is 3.08. The lowest BCUT2D eigenvalue weighted by molar-refractivity contribution is 0.102. The summed E-state index contributed by atoms with van der Waals surface area (Å²) in [6, 6.07) is 20.6. The van der Waals surface area contributed by atoms with Gasteiger partial charge in [0.2, 0.25) is 0 Å². The number of amides is 1. The summed E-state index contributed by atoms with van der Waals surface area (Å²) in [5, 5.41) is 3.18. The number of benzene rings is 2. The summed E-state index contributed by atoms with van der Waals surface area (Å²) < 4.78 is 7.30. The smallest absolute Gasteiger partial charge is 0.258 e. The topological polar surface area (TPSA) is 72.7 Å². The van der Waals surface area contributed by atoms with E-state index in [0.29, 0.717) is 33.4 Å². The zero-order valence-electron chi connectivity index (χ0n) is 15.2. The normalized spacial score (nSPS) is 10.7. The molecule has 144 valence electrons. The number of para-hydroxylation sites is 2. The third-order valence-corrected chi connectivity index (χ3v) is 4.58. The molecule has 0 aliphatic heterocycles. The molecular formula is C22H16ClN3O3. The molecule has 1 N–H and O–H groups in total. The molecule has 0 fully saturated rings. The Balaban J connectivity index is 1.54. The van der Waals surface area contributed by atoms with Crippen LogP contribution in [0.15, 0.2) is 83.8 Å². The van der Waals surface area contributed by atoms with Gasteiger partial charge in [-0.3, -0.25) is 14.0 Å². The predicted octanol–water partition coefficient (Wildman–Crippen LogP) is 4.18. The molecule has 1 amide bonds. The summed E-state index contributed by atoms with van der Waals surface area (Å²) in [4.78, 5) is 29.2. The van der Waals surface area contributed by atoms with Crippen LogP contribution >= 0.6 is 11.6 Å². The van der Waals surface area contributed by atoms with Crippen LogP contribution in [0.2, 0.25) is 5.02 Å². The molecule has 0 spiro atoms. The monoisotopic (exact) mass is 405 g/mol. The fraction of sp³-hybridized carbons (Fsp3) is 0.0455. The molecule has 0 bridgehead atoms. The molecule has 0 aliphatic rings. The molecule has 0 unspecified atom stereocenters. The van der Waals surface area contributed by atoms with E-state index in [1.54, 1.807) is 66.9 Å². The van der Waals surface area contributed by atoms with E-state index in [-0.39, 0.29) is 18.1 Å². The van der Waals surface area contributed by atoms with E-state index in [2.05, 4.69) is 10.3 Å². The number of ether oxygens (including phenoxy) is 1. The van der Waals surface area contributed by atoms with Crippen molar-refractivity contribution in [3.8, 4) is 5.75 Å². The molecule has 4 rings (SSSR count). The first-order valence-electron chi connectivity index (χ1n) is 8.87. The predicted molar refractivity (Wildman–Crippen MR) is 112 cm³/mol. The van der Waals surface area contributed by atoms with Gasteiger partial charge in [-0.05, 0) is 36.4 Å². The average Bonchev–Trinajstić information content (AvgIpc) is 2.73. The summed E-state index contributed by atoms with van der Waals surface area (Å²) in [6.07, 6.45) is 1.66. The second-order valence-corrected chi connectivity index (χ2v) is 6.64. The zero-order chi connectivity index (χ0) is 20.2. The van der Waals surface area contributed by atoms with Gasteiger partial charge in [-0.2, -0.15) is 0 Å². The molecule has 6 nitrogen and oxygen atoms in total. The van der Waals surface area contributed by atoms with Crippen LogP contribution in [-0.4, -0.2) is 15.3 Å². The Morgan fingerprint density at radius 2 is 1.79 bits per heavy atom. The van der Waals surface area contributed by atoms with Crippen molar-refractivity contribution in [2.45, 2.75) is 6.61 Å². The number of nitrogens with zero attached hydrogens (tertiary/aromatic N) is 2. The number of carbonyl (C=O) groups excluding carboxylic acids is 1. The summed E-state index contributed by atoms with van der Waals surface area (Å²) in [5.41, 5.74) is 1.71. The Hall–Kier alpha value is -3.64. The number of halogens is 1. The second kappa shape index (κ2) is 8.16. The van der Waals surface area contributed by atoms with Crippen molar-refractivity contribution in [1.82, 2.24) is 9.38 Å². The van der Waals surface area contributed by atoms with Gasteiger partial charge >= 0.3 is 0 Å². The highest BCUT2D eigenvalue weighted by Crippen LogP contribution is 2.26. The minimum atomic E-state index is -0.339. The molecule has 2 aromatic carbocycles. The maximum atomic E-state index is 12.5. The summed E-state index contributed by atoms with van der Waals surface area (Å²) >= 11 is 6.10. The largest absolute Gasteiger partial charge is 0.485 e. The highest BCUT2D eigenvalue weighted by molar-refractivity contribution is 6.34.